The fourth-order valence-electron chi connectivity index (χ4n) is 2.21. The van der Waals surface area contributed by atoms with Crippen LogP contribution in [0.25, 0.3) is 11.1 Å². The fraction of sp³-hybridized carbons (Fsp3) is 0. The van der Waals surface area contributed by atoms with Crippen molar-refractivity contribution in [2.75, 3.05) is 4.72 Å². The number of rotatable bonds is 4. The summed E-state index contributed by atoms with van der Waals surface area (Å²) in [5, 5.41) is 0. The maximum atomic E-state index is 12.8. The van der Waals surface area contributed by atoms with Crippen LogP contribution in [0.1, 0.15) is 0 Å². The normalized spacial score (nSPS) is 11.5. The highest BCUT2D eigenvalue weighted by Crippen LogP contribution is 2.43. The molecule has 0 aliphatic carbocycles. The second kappa shape index (κ2) is 7.06. The Labute approximate surface area is 162 Å². The zero-order chi connectivity index (χ0) is 17.3. The number of thiophene rings is 1. The van der Waals surface area contributed by atoms with Crippen molar-refractivity contribution in [1.29, 1.82) is 0 Å². The molecule has 2 aromatic carbocycles. The molecule has 1 aromatic heterocycles. The first-order valence-corrected chi connectivity index (χ1v) is 10.6. The third-order valence-corrected chi connectivity index (χ3v) is 8.08. The Morgan fingerprint density at radius 3 is 2.17 bits per heavy atom. The molecule has 3 nitrogen and oxygen atoms in total. The maximum Gasteiger partial charge on any atom is 0.265 e. The van der Waals surface area contributed by atoms with Crippen LogP contribution in [-0.4, -0.2) is 8.42 Å². The van der Waals surface area contributed by atoms with Crippen molar-refractivity contribution in [3.8, 4) is 11.1 Å². The van der Waals surface area contributed by atoms with E-state index in [0.29, 0.717) is 5.69 Å². The zero-order valence-corrected chi connectivity index (χ0v) is 16.7. The number of halogens is 3. The van der Waals surface area contributed by atoms with Gasteiger partial charge in [-0.25, -0.2) is 8.42 Å². The number of nitrogens with one attached hydrogen (secondary N) is 1. The summed E-state index contributed by atoms with van der Waals surface area (Å²) in [7, 11) is -3.89. The molecule has 0 aliphatic heterocycles. The Hall–Kier alpha value is -1.05. The van der Waals surface area contributed by atoms with Gasteiger partial charge in [0.15, 0.2) is 0 Å². The van der Waals surface area contributed by atoms with E-state index >= 15 is 0 Å². The number of sulfonamides is 1. The van der Waals surface area contributed by atoms with E-state index in [2.05, 4.69) is 20.7 Å². The molecule has 3 rings (SSSR count). The molecule has 24 heavy (non-hydrogen) atoms. The standard InChI is InChI=1S/C16H10BrCl2NO2S2/c17-13-14(16(19)23-15(13)18)24(21,22)20-12-9-5-4-8-11(12)10-6-2-1-3-7-10/h1-9,20H. The van der Waals surface area contributed by atoms with Crippen molar-refractivity contribution in [3.63, 3.8) is 0 Å². The topological polar surface area (TPSA) is 46.2 Å². The van der Waals surface area contributed by atoms with Gasteiger partial charge in [0, 0.05) is 5.56 Å². The lowest BCUT2D eigenvalue weighted by atomic mass is 10.0. The van der Waals surface area contributed by atoms with Crippen molar-refractivity contribution >= 4 is 66.2 Å². The summed E-state index contributed by atoms with van der Waals surface area (Å²) in [4.78, 5) is -0.0537. The van der Waals surface area contributed by atoms with Crippen LogP contribution in [-0.2, 0) is 10.0 Å². The van der Waals surface area contributed by atoms with Crippen LogP contribution in [0.3, 0.4) is 0 Å². The lowest BCUT2D eigenvalue weighted by Gasteiger charge is -2.13. The molecule has 3 aromatic rings. The Morgan fingerprint density at radius 1 is 0.917 bits per heavy atom. The lowest BCUT2D eigenvalue weighted by Crippen LogP contribution is -2.13. The van der Waals surface area contributed by atoms with Gasteiger partial charge >= 0.3 is 0 Å². The van der Waals surface area contributed by atoms with E-state index in [-0.39, 0.29) is 18.0 Å². The zero-order valence-electron chi connectivity index (χ0n) is 12.0. The van der Waals surface area contributed by atoms with Crippen LogP contribution in [0.2, 0.25) is 8.67 Å². The van der Waals surface area contributed by atoms with Gasteiger partial charge in [0.05, 0.1) is 10.2 Å². The highest BCUT2D eigenvalue weighted by Gasteiger charge is 2.27. The van der Waals surface area contributed by atoms with E-state index in [1.165, 1.54) is 0 Å². The summed E-state index contributed by atoms with van der Waals surface area (Å²) in [6, 6.07) is 16.7. The molecule has 124 valence electrons. The van der Waals surface area contributed by atoms with Crippen LogP contribution < -0.4 is 4.72 Å². The van der Waals surface area contributed by atoms with Crippen LogP contribution >= 0.6 is 50.5 Å². The third-order valence-electron chi connectivity index (χ3n) is 3.25. The first-order chi connectivity index (χ1) is 11.4. The number of hydrogen-bond acceptors (Lipinski definition) is 3. The van der Waals surface area contributed by atoms with Gasteiger partial charge in [0.1, 0.15) is 13.6 Å². The minimum Gasteiger partial charge on any atom is -0.279 e. The van der Waals surface area contributed by atoms with E-state index in [0.717, 1.165) is 22.5 Å². The number of para-hydroxylation sites is 1. The van der Waals surface area contributed by atoms with Gasteiger partial charge < -0.3 is 0 Å². The second-order valence-corrected chi connectivity index (χ2v) is 9.45. The molecule has 0 bridgehead atoms. The van der Waals surface area contributed by atoms with Crippen molar-refractivity contribution in [1.82, 2.24) is 0 Å². The number of benzene rings is 2. The van der Waals surface area contributed by atoms with Crippen molar-refractivity contribution < 1.29 is 8.42 Å². The Morgan fingerprint density at radius 2 is 1.54 bits per heavy atom. The fourth-order valence-corrected chi connectivity index (χ4v) is 6.84. The van der Waals surface area contributed by atoms with Crippen LogP contribution in [0.4, 0.5) is 5.69 Å². The monoisotopic (exact) mass is 461 g/mol. The van der Waals surface area contributed by atoms with Gasteiger partial charge in [0.2, 0.25) is 0 Å². The molecule has 0 aliphatic rings. The third kappa shape index (κ3) is 3.48. The smallest absolute Gasteiger partial charge is 0.265 e. The molecular weight excluding hydrogens is 453 g/mol. The van der Waals surface area contributed by atoms with Crippen LogP contribution in [0, 0.1) is 0 Å². The van der Waals surface area contributed by atoms with E-state index in [1.807, 2.05) is 42.5 Å². The molecule has 0 atom stereocenters. The van der Waals surface area contributed by atoms with E-state index in [4.69, 9.17) is 23.2 Å². The average Bonchev–Trinajstić information content (AvgIpc) is 2.81. The summed E-state index contributed by atoms with van der Waals surface area (Å²) >= 11 is 16.2. The Bertz CT molecular complexity index is 989. The first kappa shape index (κ1) is 17.8. The predicted molar refractivity (Wildman–Crippen MR) is 105 cm³/mol. The average molecular weight is 463 g/mol. The number of hydrogen-bond donors (Lipinski definition) is 1. The van der Waals surface area contributed by atoms with E-state index in [9.17, 15) is 8.42 Å². The molecular formula is C16H10BrCl2NO2S2. The molecule has 8 heteroatoms. The molecule has 0 radical (unpaired) electrons. The van der Waals surface area contributed by atoms with Gasteiger partial charge in [-0.05, 0) is 27.6 Å². The lowest BCUT2D eigenvalue weighted by molar-refractivity contribution is 0.601. The summed E-state index contributed by atoms with van der Waals surface area (Å²) < 4.78 is 28.8. The van der Waals surface area contributed by atoms with Gasteiger partial charge in [-0.3, -0.25) is 4.72 Å². The molecule has 0 saturated carbocycles. The summed E-state index contributed by atoms with van der Waals surface area (Å²) in [5.41, 5.74) is 2.15. The largest absolute Gasteiger partial charge is 0.279 e. The van der Waals surface area contributed by atoms with Gasteiger partial charge in [-0.15, -0.1) is 11.3 Å². The molecule has 1 heterocycles. The Balaban J connectivity index is 2.06. The van der Waals surface area contributed by atoms with E-state index < -0.39 is 10.0 Å². The van der Waals surface area contributed by atoms with Gasteiger partial charge in [0.25, 0.3) is 10.0 Å². The summed E-state index contributed by atoms with van der Waals surface area (Å²) in [5.74, 6) is 0. The Kier molecular flexibility index (Phi) is 5.22. The molecule has 0 amide bonds. The maximum absolute atomic E-state index is 12.8. The second-order valence-electron chi connectivity index (χ2n) is 4.81. The predicted octanol–water partition coefficient (Wildman–Crippen LogP) is 6.29. The minimum absolute atomic E-state index is 0.0537. The van der Waals surface area contributed by atoms with E-state index in [1.54, 1.807) is 12.1 Å². The van der Waals surface area contributed by atoms with Crippen molar-refractivity contribution in [3.05, 3.63) is 67.7 Å². The highest BCUT2D eigenvalue weighted by molar-refractivity contribution is 9.10. The van der Waals surface area contributed by atoms with Crippen LogP contribution in [0.5, 0.6) is 0 Å². The molecule has 0 saturated heterocycles. The quantitative estimate of drug-likeness (QED) is 0.495. The van der Waals surface area contributed by atoms with Crippen LogP contribution in [0.15, 0.2) is 64.0 Å². The highest BCUT2D eigenvalue weighted by atomic mass is 79.9. The minimum atomic E-state index is -3.89. The SMILES string of the molecule is O=S(=O)(Nc1ccccc1-c1ccccc1)c1c(Cl)sc(Cl)c1Br. The summed E-state index contributed by atoms with van der Waals surface area (Å²) in [6.07, 6.45) is 0. The molecule has 0 fully saturated rings. The molecule has 0 unspecified atom stereocenters. The van der Waals surface area contributed by atoms with Crippen molar-refractivity contribution in [2.45, 2.75) is 4.90 Å². The number of anilines is 1. The van der Waals surface area contributed by atoms with Crippen molar-refractivity contribution in [2.24, 2.45) is 0 Å². The molecule has 1 N–H and O–H groups in total. The summed E-state index contributed by atoms with van der Waals surface area (Å²) in [6.45, 7) is 0. The molecule has 0 spiro atoms. The first-order valence-electron chi connectivity index (χ1n) is 6.70. The van der Waals surface area contributed by atoms with Gasteiger partial charge in [-0.1, -0.05) is 71.7 Å². The van der Waals surface area contributed by atoms with Gasteiger partial charge in [-0.2, -0.15) is 0 Å².